The molecule has 0 bridgehead atoms. The summed E-state index contributed by atoms with van der Waals surface area (Å²) in [7, 11) is 0. The van der Waals surface area contributed by atoms with Crippen molar-refractivity contribution in [3.63, 3.8) is 0 Å². The third kappa shape index (κ3) is 2.58. The number of benzene rings is 1. The van der Waals surface area contributed by atoms with Crippen molar-refractivity contribution >= 4 is 5.69 Å². The first-order valence-electron chi connectivity index (χ1n) is 8.64. The van der Waals surface area contributed by atoms with E-state index in [1.165, 1.54) is 51.0 Å². The molecular formula is C18H27N3. The molecule has 0 aliphatic carbocycles. The summed E-state index contributed by atoms with van der Waals surface area (Å²) in [5.41, 5.74) is 4.51. The first-order valence-corrected chi connectivity index (χ1v) is 8.64. The lowest BCUT2D eigenvalue weighted by atomic mass is 9.96. The van der Waals surface area contributed by atoms with Gasteiger partial charge in [0.05, 0.1) is 0 Å². The predicted octanol–water partition coefficient (Wildman–Crippen LogP) is 2.71. The molecule has 2 unspecified atom stereocenters. The van der Waals surface area contributed by atoms with Gasteiger partial charge in [-0.1, -0.05) is 12.1 Å². The van der Waals surface area contributed by atoms with Crippen LogP contribution in [0.1, 0.15) is 37.3 Å². The van der Waals surface area contributed by atoms with Gasteiger partial charge in [0.2, 0.25) is 0 Å². The van der Waals surface area contributed by atoms with Crippen LogP contribution in [0.3, 0.4) is 0 Å². The lowest BCUT2D eigenvalue weighted by Gasteiger charge is -2.42. The van der Waals surface area contributed by atoms with Gasteiger partial charge in [0.1, 0.15) is 0 Å². The van der Waals surface area contributed by atoms with Gasteiger partial charge in [0, 0.05) is 44.0 Å². The Morgan fingerprint density at radius 1 is 1.24 bits per heavy atom. The van der Waals surface area contributed by atoms with Gasteiger partial charge in [0.25, 0.3) is 0 Å². The third-order valence-electron chi connectivity index (χ3n) is 5.63. The van der Waals surface area contributed by atoms with Crippen LogP contribution in [-0.2, 0) is 13.0 Å². The highest BCUT2D eigenvalue weighted by molar-refractivity contribution is 5.56. The van der Waals surface area contributed by atoms with Crippen LogP contribution in [0, 0.1) is 0 Å². The van der Waals surface area contributed by atoms with Crippen molar-refractivity contribution in [1.82, 2.24) is 9.80 Å². The van der Waals surface area contributed by atoms with E-state index in [0.717, 1.165) is 19.1 Å². The van der Waals surface area contributed by atoms with Gasteiger partial charge in [-0.25, -0.2) is 0 Å². The second-order valence-corrected chi connectivity index (χ2v) is 7.04. The van der Waals surface area contributed by atoms with Crippen molar-refractivity contribution in [2.45, 2.75) is 51.2 Å². The van der Waals surface area contributed by atoms with Gasteiger partial charge < -0.3 is 5.32 Å². The molecule has 3 heterocycles. The number of nitrogens with zero attached hydrogens (tertiary/aromatic N) is 2. The van der Waals surface area contributed by atoms with E-state index in [9.17, 15) is 0 Å². The highest BCUT2D eigenvalue weighted by atomic mass is 15.3. The maximum absolute atomic E-state index is 3.56. The Morgan fingerprint density at radius 2 is 2.19 bits per heavy atom. The van der Waals surface area contributed by atoms with Crippen molar-refractivity contribution in [2.75, 3.05) is 31.5 Å². The van der Waals surface area contributed by atoms with E-state index in [2.05, 4.69) is 40.2 Å². The SMILES string of the molecule is CC1CN2CCCC2CN1Cc1cccc2c1CCCN2. The number of rotatable bonds is 2. The minimum atomic E-state index is 0.687. The van der Waals surface area contributed by atoms with Crippen LogP contribution in [-0.4, -0.2) is 48.1 Å². The van der Waals surface area contributed by atoms with E-state index < -0.39 is 0 Å². The van der Waals surface area contributed by atoms with Crippen LogP contribution in [0.25, 0.3) is 0 Å². The summed E-state index contributed by atoms with van der Waals surface area (Å²) in [6, 6.07) is 8.32. The Labute approximate surface area is 128 Å². The smallest absolute Gasteiger partial charge is 0.0375 e. The lowest BCUT2D eigenvalue weighted by molar-refractivity contribution is 0.0538. The zero-order chi connectivity index (χ0) is 14.2. The molecule has 1 N–H and O–H groups in total. The second kappa shape index (κ2) is 5.62. The first kappa shape index (κ1) is 13.6. The Bertz CT molecular complexity index is 513. The predicted molar refractivity (Wildman–Crippen MR) is 87.7 cm³/mol. The zero-order valence-electron chi connectivity index (χ0n) is 13.1. The topological polar surface area (TPSA) is 18.5 Å². The molecule has 2 fully saturated rings. The highest BCUT2D eigenvalue weighted by Gasteiger charge is 2.34. The molecule has 2 atom stereocenters. The van der Waals surface area contributed by atoms with E-state index in [1.807, 2.05) is 0 Å². The molecule has 0 amide bonds. The number of piperazine rings is 1. The van der Waals surface area contributed by atoms with Gasteiger partial charge in [-0.2, -0.15) is 0 Å². The fourth-order valence-electron chi connectivity index (χ4n) is 4.42. The Hall–Kier alpha value is -1.06. The summed E-state index contributed by atoms with van der Waals surface area (Å²) >= 11 is 0. The summed E-state index contributed by atoms with van der Waals surface area (Å²) in [5, 5.41) is 3.56. The van der Waals surface area contributed by atoms with E-state index in [1.54, 1.807) is 11.1 Å². The summed E-state index contributed by atoms with van der Waals surface area (Å²) in [4.78, 5) is 5.43. The molecule has 3 aliphatic heterocycles. The third-order valence-corrected chi connectivity index (χ3v) is 5.63. The van der Waals surface area contributed by atoms with Gasteiger partial charge >= 0.3 is 0 Å². The number of fused-ring (bicyclic) bond motifs is 2. The molecule has 0 radical (unpaired) electrons. The highest BCUT2D eigenvalue weighted by Crippen LogP contribution is 2.29. The molecule has 4 rings (SSSR count). The molecule has 3 heteroatoms. The van der Waals surface area contributed by atoms with Crippen LogP contribution in [0.2, 0.25) is 0 Å². The van der Waals surface area contributed by atoms with Crippen molar-refractivity contribution in [3.8, 4) is 0 Å². The maximum Gasteiger partial charge on any atom is 0.0375 e. The average Bonchev–Trinajstić information content (AvgIpc) is 2.95. The second-order valence-electron chi connectivity index (χ2n) is 7.04. The fourth-order valence-corrected chi connectivity index (χ4v) is 4.42. The minimum Gasteiger partial charge on any atom is -0.385 e. The molecule has 3 nitrogen and oxygen atoms in total. The van der Waals surface area contributed by atoms with Crippen LogP contribution < -0.4 is 5.32 Å². The van der Waals surface area contributed by atoms with E-state index in [4.69, 9.17) is 0 Å². The Morgan fingerprint density at radius 3 is 3.14 bits per heavy atom. The lowest BCUT2D eigenvalue weighted by Crippen LogP contribution is -2.54. The van der Waals surface area contributed by atoms with Gasteiger partial charge in [-0.15, -0.1) is 0 Å². The molecule has 2 saturated heterocycles. The molecule has 21 heavy (non-hydrogen) atoms. The number of hydrogen-bond acceptors (Lipinski definition) is 3. The standard InChI is InChI=1S/C18H27N3/c1-14-11-20-10-4-6-16(20)13-21(14)12-15-5-2-8-18-17(15)7-3-9-19-18/h2,5,8,14,16,19H,3-4,6-7,9-13H2,1H3. The average molecular weight is 285 g/mol. The monoisotopic (exact) mass is 285 g/mol. The molecular weight excluding hydrogens is 258 g/mol. The normalized spacial score (nSPS) is 29.8. The zero-order valence-corrected chi connectivity index (χ0v) is 13.1. The molecule has 0 saturated carbocycles. The van der Waals surface area contributed by atoms with Gasteiger partial charge in [-0.05, 0) is 56.3 Å². The number of hydrogen-bond donors (Lipinski definition) is 1. The quantitative estimate of drug-likeness (QED) is 0.901. The van der Waals surface area contributed by atoms with Gasteiger partial charge in [0.15, 0.2) is 0 Å². The summed E-state index contributed by atoms with van der Waals surface area (Å²) in [6.45, 7) is 8.52. The van der Waals surface area contributed by atoms with Crippen molar-refractivity contribution in [3.05, 3.63) is 29.3 Å². The molecule has 0 aromatic heterocycles. The molecule has 0 spiro atoms. The Kier molecular flexibility index (Phi) is 3.64. The van der Waals surface area contributed by atoms with Crippen LogP contribution >= 0.6 is 0 Å². The molecule has 1 aromatic rings. The first-order chi connectivity index (χ1) is 10.3. The van der Waals surface area contributed by atoms with Crippen LogP contribution in [0.15, 0.2) is 18.2 Å². The van der Waals surface area contributed by atoms with Crippen LogP contribution in [0.4, 0.5) is 5.69 Å². The van der Waals surface area contributed by atoms with E-state index in [-0.39, 0.29) is 0 Å². The Balaban J connectivity index is 1.53. The number of nitrogens with one attached hydrogen (secondary N) is 1. The fraction of sp³-hybridized carbons (Fsp3) is 0.667. The van der Waals surface area contributed by atoms with Crippen molar-refractivity contribution in [1.29, 1.82) is 0 Å². The number of anilines is 1. The van der Waals surface area contributed by atoms with Crippen molar-refractivity contribution < 1.29 is 0 Å². The largest absolute Gasteiger partial charge is 0.385 e. The van der Waals surface area contributed by atoms with Gasteiger partial charge in [-0.3, -0.25) is 9.80 Å². The summed E-state index contributed by atoms with van der Waals surface area (Å²) in [5.74, 6) is 0. The van der Waals surface area contributed by atoms with Crippen LogP contribution in [0.5, 0.6) is 0 Å². The summed E-state index contributed by atoms with van der Waals surface area (Å²) < 4.78 is 0. The van der Waals surface area contributed by atoms with E-state index >= 15 is 0 Å². The minimum absolute atomic E-state index is 0.687. The summed E-state index contributed by atoms with van der Waals surface area (Å²) in [6.07, 6.45) is 5.32. The maximum atomic E-state index is 3.56. The van der Waals surface area contributed by atoms with E-state index in [0.29, 0.717) is 6.04 Å². The molecule has 1 aromatic carbocycles. The molecule has 3 aliphatic rings. The molecule has 114 valence electrons. The van der Waals surface area contributed by atoms with Crippen molar-refractivity contribution in [2.24, 2.45) is 0 Å².